The maximum Gasteiger partial charge on any atom is 0.322 e. The van der Waals surface area contributed by atoms with Crippen LogP contribution in [0.2, 0.25) is 0 Å². The standard InChI is InChI=1S/C25H31N5O3/c1-19-8-9-20(2)22(16-19)27-10-12-28(13-11-27)23(31)17-29-14-15-30(18-24(29)32)25(33)26-21-6-4-3-5-7-21/h3-9,16H,10-15,17-18H2,1-2H3,(H,26,33). The Bertz CT molecular complexity index is 1020. The zero-order valence-corrected chi connectivity index (χ0v) is 19.3. The summed E-state index contributed by atoms with van der Waals surface area (Å²) in [5, 5.41) is 2.80. The third kappa shape index (κ3) is 5.45. The minimum atomic E-state index is -0.303. The van der Waals surface area contributed by atoms with E-state index in [0.717, 1.165) is 13.1 Å². The molecule has 2 aliphatic rings. The van der Waals surface area contributed by atoms with Gasteiger partial charge in [0.15, 0.2) is 0 Å². The Morgan fingerprint density at radius 2 is 1.58 bits per heavy atom. The van der Waals surface area contributed by atoms with E-state index < -0.39 is 0 Å². The number of anilines is 2. The van der Waals surface area contributed by atoms with E-state index in [2.05, 4.69) is 42.3 Å². The number of rotatable bonds is 4. The average molecular weight is 450 g/mol. The number of para-hydroxylation sites is 1. The highest BCUT2D eigenvalue weighted by Crippen LogP contribution is 2.23. The van der Waals surface area contributed by atoms with Crippen LogP contribution in [0.4, 0.5) is 16.2 Å². The third-order valence-corrected chi connectivity index (χ3v) is 6.29. The summed E-state index contributed by atoms with van der Waals surface area (Å²) >= 11 is 0. The van der Waals surface area contributed by atoms with E-state index in [1.165, 1.54) is 21.7 Å². The Morgan fingerprint density at radius 1 is 0.879 bits per heavy atom. The number of amides is 4. The number of nitrogens with zero attached hydrogens (tertiary/aromatic N) is 4. The van der Waals surface area contributed by atoms with Crippen LogP contribution in [-0.2, 0) is 9.59 Å². The fourth-order valence-corrected chi connectivity index (χ4v) is 4.29. The van der Waals surface area contributed by atoms with Gasteiger partial charge in [-0.2, -0.15) is 0 Å². The Balaban J connectivity index is 1.25. The number of nitrogens with one attached hydrogen (secondary N) is 1. The maximum absolute atomic E-state index is 12.9. The molecule has 2 aromatic rings. The van der Waals surface area contributed by atoms with E-state index >= 15 is 0 Å². The number of urea groups is 1. The molecule has 2 fully saturated rings. The molecular formula is C25H31N5O3. The number of carbonyl (C=O) groups excluding carboxylic acids is 3. The molecule has 174 valence electrons. The summed E-state index contributed by atoms with van der Waals surface area (Å²) in [6, 6.07) is 15.3. The van der Waals surface area contributed by atoms with Crippen molar-refractivity contribution in [3.63, 3.8) is 0 Å². The van der Waals surface area contributed by atoms with Crippen molar-refractivity contribution in [1.29, 1.82) is 0 Å². The second kappa shape index (κ2) is 9.94. The highest BCUT2D eigenvalue weighted by atomic mass is 16.2. The monoisotopic (exact) mass is 449 g/mol. The minimum absolute atomic E-state index is 0.0215. The van der Waals surface area contributed by atoms with Gasteiger partial charge in [0.2, 0.25) is 11.8 Å². The van der Waals surface area contributed by atoms with E-state index in [1.807, 2.05) is 23.1 Å². The molecule has 0 saturated carbocycles. The average Bonchev–Trinajstić information content (AvgIpc) is 2.82. The zero-order chi connectivity index (χ0) is 23.4. The lowest BCUT2D eigenvalue weighted by molar-refractivity contribution is -0.143. The largest absolute Gasteiger partial charge is 0.368 e. The highest BCUT2D eigenvalue weighted by Gasteiger charge is 2.30. The molecule has 2 aliphatic heterocycles. The van der Waals surface area contributed by atoms with Gasteiger partial charge in [0.05, 0.1) is 6.54 Å². The second-order valence-electron chi connectivity index (χ2n) is 8.69. The number of hydrogen-bond donors (Lipinski definition) is 1. The van der Waals surface area contributed by atoms with Gasteiger partial charge in [-0.15, -0.1) is 0 Å². The molecule has 33 heavy (non-hydrogen) atoms. The first kappa shape index (κ1) is 22.6. The van der Waals surface area contributed by atoms with Gasteiger partial charge >= 0.3 is 6.03 Å². The van der Waals surface area contributed by atoms with Crippen molar-refractivity contribution in [2.24, 2.45) is 0 Å². The Labute approximate surface area is 194 Å². The fraction of sp³-hybridized carbons (Fsp3) is 0.400. The van der Waals surface area contributed by atoms with Crippen LogP contribution in [0.1, 0.15) is 11.1 Å². The molecule has 0 spiro atoms. The molecule has 2 heterocycles. The molecule has 4 amide bonds. The molecule has 8 nitrogen and oxygen atoms in total. The van der Waals surface area contributed by atoms with Gasteiger partial charge < -0.3 is 24.9 Å². The Hall–Kier alpha value is -3.55. The van der Waals surface area contributed by atoms with Crippen molar-refractivity contribution >= 4 is 29.2 Å². The normalized spacial score (nSPS) is 16.7. The van der Waals surface area contributed by atoms with Crippen molar-refractivity contribution in [2.75, 3.05) is 62.6 Å². The molecule has 2 aromatic carbocycles. The summed E-state index contributed by atoms with van der Waals surface area (Å²) in [5.74, 6) is -0.238. The van der Waals surface area contributed by atoms with Crippen molar-refractivity contribution in [1.82, 2.24) is 14.7 Å². The van der Waals surface area contributed by atoms with Crippen LogP contribution >= 0.6 is 0 Å². The van der Waals surface area contributed by atoms with E-state index in [4.69, 9.17) is 0 Å². The molecular weight excluding hydrogens is 418 g/mol. The summed E-state index contributed by atoms with van der Waals surface area (Å²) < 4.78 is 0. The number of hydrogen-bond acceptors (Lipinski definition) is 4. The number of benzene rings is 2. The third-order valence-electron chi connectivity index (χ3n) is 6.29. The van der Waals surface area contributed by atoms with Gasteiger partial charge in [0.1, 0.15) is 6.54 Å². The lowest BCUT2D eigenvalue weighted by atomic mass is 10.1. The van der Waals surface area contributed by atoms with Crippen molar-refractivity contribution in [3.05, 3.63) is 59.7 Å². The van der Waals surface area contributed by atoms with Crippen LogP contribution in [0.25, 0.3) is 0 Å². The van der Waals surface area contributed by atoms with Crippen molar-refractivity contribution in [3.8, 4) is 0 Å². The van der Waals surface area contributed by atoms with E-state index in [0.29, 0.717) is 31.9 Å². The SMILES string of the molecule is Cc1ccc(C)c(N2CCN(C(=O)CN3CCN(C(=O)Nc4ccccc4)CC3=O)CC2)c1. The summed E-state index contributed by atoms with van der Waals surface area (Å²) in [5.41, 5.74) is 4.37. The lowest BCUT2D eigenvalue weighted by Crippen LogP contribution is -2.57. The topological polar surface area (TPSA) is 76.2 Å². The van der Waals surface area contributed by atoms with Crippen LogP contribution < -0.4 is 10.2 Å². The molecule has 0 unspecified atom stereocenters. The molecule has 8 heteroatoms. The molecule has 0 atom stereocenters. The Morgan fingerprint density at radius 3 is 2.27 bits per heavy atom. The predicted molar refractivity (Wildman–Crippen MR) is 128 cm³/mol. The molecule has 2 saturated heterocycles. The highest BCUT2D eigenvalue weighted by molar-refractivity contribution is 5.94. The summed E-state index contributed by atoms with van der Waals surface area (Å²) in [6.45, 7) is 7.83. The van der Waals surface area contributed by atoms with Crippen LogP contribution in [0.3, 0.4) is 0 Å². The number of aryl methyl sites for hydroxylation is 2. The molecule has 0 aliphatic carbocycles. The fourth-order valence-electron chi connectivity index (χ4n) is 4.29. The van der Waals surface area contributed by atoms with Gasteiger partial charge in [-0.3, -0.25) is 9.59 Å². The molecule has 1 N–H and O–H groups in total. The first-order valence-electron chi connectivity index (χ1n) is 11.4. The Kier molecular flexibility index (Phi) is 6.82. The number of piperazine rings is 2. The maximum atomic E-state index is 12.9. The van der Waals surface area contributed by atoms with Gasteiger partial charge in [-0.25, -0.2) is 4.79 Å². The van der Waals surface area contributed by atoms with E-state index in [-0.39, 0.29) is 30.9 Å². The van der Waals surface area contributed by atoms with Gasteiger partial charge in [0.25, 0.3) is 0 Å². The summed E-state index contributed by atoms with van der Waals surface area (Å²) in [4.78, 5) is 45.1. The quantitative estimate of drug-likeness (QED) is 0.777. The van der Waals surface area contributed by atoms with Crippen LogP contribution in [0, 0.1) is 13.8 Å². The molecule has 0 aromatic heterocycles. The van der Waals surface area contributed by atoms with E-state index in [9.17, 15) is 14.4 Å². The molecule has 4 rings (SSSR count). The van der Waals surface area contributed by atoms with Gasteiger partial charge in [-0.05, 0) is 43.2 Å². The van der Waals surface area contributed by atoms with Crippen molar-refractivity contribution < 1.29 is 14.4 Å². The van der Waals surface area contributed by atoms with Crippen LogP contribution in [0.15, 0.2) is 48.5 Å². The molecule has 0 radical (unpaired) electrons. The summed E-state index contributed by atoms with van der Waals surface area (Å²) in [7, 11) is 0. The predicted octanol–water partition coefficient (Wildman–Crippen LogP) is 2.33. The zero-order valence-electron chi connectivity index (χ0n) is 19.3. The van der Waals surface area contributed by atoms with Crippen LogP contribution in [-0.4, -0.2) is 84.9 Å². The van der Waals surface area contributed by atoms with Crippen molar-refractivity contribution in [2.45, 2.75) is 13.8 Å². The van der Waals surface area contributed by atoms with Gasteiger partial charge in [-0.1, -0.05) is 30.3 Å². The lowest BCUT2D eigenvalue weighted by Gasteiger charge is -2.39. The smallest absolute Gasteiger partial charge is 0.322 e. The number of carbonyl (C=O) groups is 3. The first-order chi connectivity index (χ1) is 15.9. The first-order valence-corrected chi connectivity index (χ1v) is 11.4. The minimum Gasteiger partial charge on any atom is -0.368 e. The molecule has 0 bridgehead atoms. The van der Waals surface area contributed by atoms with E-state index in [1.54, 1.807) is 17.0 Å². The van der Waals surface area contributed by atoms with Crippen LogP contribution in [0.5, 0.6) is 0 Å². The van der Waals surface area contributed by atoms with Gasteiger partial charge in [0, 0.05) is 50.6 Å². The summed E-state index contributed by atoms with van der Waals surface area (Å²) in [6.07, 6.45) is 0. The second-order valence-corrected chi connectivity index (χ2v) is 8.69.